The summed E-state index contributed by atoms with van der Waals surface area (Å²) in [7, 11) is 0. The molecule has 0 saturated carbocycles. The first-order chi connectivity index (χ1) is 26.1. The van der Waals surface area contributed by atoms with Crippen LogP contribution in [0.3, 0.4) is 0 Å². The number of nitrogens with zero attached hydrogens (tertiary/aromatic N) is 3. The SMILES string of the molecule is CCCCCCCCCCCCCCCCCCC(=O)OCn1c(=O)ccc2ccc(OCCCCN3CCN(c4cccc5sccc45)CC3)cc21. The van der Waals surface area contributed by atoms with E-state index in [0.717, 1.165) is 75.1 Å². The van der Waals surface area contributed by atoms with Gasteiger partial charge >= 0.3 is 5.97 Å². The standard InChI is InChI=1S/C45H65N3O4S/c1-2-3-4-5-6-7-8-9-10-11-12-13-14-15-16-17-23-45(50)52-37-48-42-36-39(26-24-38(42)25-27-44(48)49)51-34-19-18-29-46-30-32-47(33-31-46)41-21-20-22-43-40(41)28-35-53-43/h20-22,24-28,35-36H,2-19,23,29-34,37H2,1H3. The minimum atomic E-state index is -0.243. The average molecular weight is 744 g/mol. The molecule has 0 atom stereocenters. The number of carbonyl (C=O) groups is 1. The Balaban J connectivity index is 0.914. The molecular weight excluding hydrogens is 679 g/mol. The molecule has 2 aromatic carbocycles. The molecule has 1 fully saturated rings. The van der Waals surface area contributed by atoms with Gasteiger partial charge in [0.05, 0.1) is 12.1 Å². The Kier molecular flexibility index (Phi) is 18.0. The summed E-state index contributed by atoms with van der Waals surface area (Å²) >= 11 is 1.81. The van der Waals surface area contributed by atoms with Gasteiger partial charge in [0.2, 0.25) is 0 Å². The first-order valence-electron chi connectivity index (χ1n) is 21.0. The highest BCUT2D eigenvalue weighted by molar-refractivity contribution is 7.17. The van der Waals surface area contributed by atoms with Crippen molar-refractivity contribution >= 4 is 44.0 Å². The molecule has 0 aliphatic carbocycles. The van der Waals surface area contributed by atoms with Gasteiger partial charge in [-0.05, 0) is 73.0 Å². The highest BCUT2D eigenvalue weighted by Gasteiger charge is 2.18. The average Bonchev–Trinajstić information content (AvgIpc) is 3.67. The molecule has 3 heterocycles. The molecule has 1 aliphatic heterocycles. The zero-order valence-corrected chi connectivity index (χ0v) is 33.4. The monoisotopic (exact) mass is 743 g/mol. The van der Waals surface area contributed by atoms with E-state index in [2.05, 4.69) is 46.4 Å². The third-order valence-corrected chi connectivity index (χ3v) is 11.8. The fourth-order valence-corrected chi connectivity index (χ4v) is 8.42. The minimum absolute atomic E-state index is 0.0764. The van der Waals surface area contributed by atoms with Gasteiger partial charge in [0.25, 0.3) is 5.56 Å². The van der Waals surface area contributed by atoms with E-state index in [-0.39, 0.29) is 18.3 Å². The number of piperazine rings is 1. The second-order valence-electron chi connectivity index (χ2n) is 15.0. The summed E-state index contributed by atoms with van der Waals surface area (Å²) in [6, 6.07) is 18.0. The number of unbranched alkanes of at least 4 members (excludes halogenated alkanes) is 16. The predicted molar refractivity (Wildman–Crippen MR) is 224 cm³/mol. The molecule has 0 bridgehead atoms. The van der Waals surface area contributed by atoms with Crippen LogP contribution in [0.5, 0.6) is 5.75 Å². The third kappa shape index (κ3) is 13.8. The summed E-state index contributed by atoms with van der Waals surface area (Å²) in [6.07, 6.45) is 23.3. The largest absolute Gasteiger partial charge is 0.494 e. The molecule has 1 saturated heterocycles. The Morgan fingerprint density at radius 1 is 0.717 bits per heavy atom. The lowest BCUT2D eigenvalue weighted by molar-refractivity contribution is -0.147. The lowest BCUT2D eigenvalue weighted by Gasteiger charge is -2.36. The number of esters is 1. The molecule has 7 nitrogen and oxygen atoms in total. The van der Waals surface area contributed by atoms with Crippen molar-refractivity contribution in [3.05, 3.63) is 70.3 Å². The van der Waals surface area contributed by atoms with Crippen molar-refractivity contribution in [1.82, 2.24) is 9.47 Å². The summed E-state index contributed by atoms with van der Waals surface area (Å²) in [5, 5.41) is 4.47. The number of rotatable bonds is 26. The summed E-state index contributed by atoms with van der Waals surface area (Å²) in [6.45, 7) is 8.16. The van der Waals surface area contributed by atoms with Gasteiger partial charge in [-0.3, -0.25) is 19.1 Å². The summed E-state index contributed by atoms with van der Waals surface area (Å²) in [5.41, 5.74) is 1.90. The molecule has 0 radical (unpaired) electrons. The lowest BCUT2D eigenvalue weighted by Crippen LogP contribution is -2.46. The molecule has 0 unspecified atom stereocenters. The lowest BCUT2D eigenvalue weighted by atomic mass is 10.0. The second-order valence-corrected chi connectivity index (χ2v) is 16.0. The highest BCUT2D eigenvalue weighted by atomic mass is 32.1. The van der Waals surface area contributed by atoms with Gasteiger partial charge in [-0.25, -0.2) is 0 Å². The highest BCUT2D eigenvalue weighted by Crippen LogP contribution is 2.31. The van der Waals surface area contributed by atoms with Crippen molar-refractivity contribution in [2.45, 2.75) is 136 Å². The smallest absolute Gasteiger partial charge is 0.307 e. The zero-order chi connectivity index (χ0) is 36.9. The number of anilines is 1. The van der Waals surface area contributed by atoms with Gasteiger partial charge in [-0.2, -0.15) is 0 Å². The fraction of sp³-hybridized carbons (Fsp3) is 0.600. The maximum absolute atomic E-state index is 12.8. The van der Waals surface area contributed by atoms with Crippen LogP contribution in [-0.2, 0) is 16.3 Å². The zero-order valence-electron chi connectivity index (χ0n) is 32.5. The van der Waals surface area contributed by atoms with E-state index >= 15 is 0 Å². The normalized spacial score (nSPS) is 13.6. The molecule has 53 heavy (non-hydrogen) atoms. The van der Waals surface area contributed by atoms with Crippen LogP contribution < -0.4 is 15.2 Å². The van der Waals surface area contributed by atoms with Crippen LogP contribution in [0, 0.1) is 0 Å². The molecule has 0 spiro atoms. The number of carbonyl (C=O) groups excluding carboxylic acids is 1. The third-order valence-electron chi connectivity index (χ3n) is 10.9. The van der Waals surface area contributed by atoms with Crippen LogP contribution in [0.15, 0.2) is 64.8 Å². The van der Waals surface area contributed by atoms with E-state index < -0.39 is 0 Å². The van der Waals surface area contributed by atoms with Crippen LogP contribution in [0.1, 0.15) is 129 Å². The van der Waals surface area contributed by atoms with Crippen LogP contribution in [0.25, 0.3) is 21.0 Å². The number of hydrogen-bond acceptors (Lipinski definition) is 7. The van der Waals surface area contributed by atoms with Gasteiger partial charge in [0, 0.05) is 60.5 Å². The Morgan fingerprint density at radius 3 is 2.08 bits per heavy atom. The van der Waals surface area contributed by atoms with Crippen molar-refractivity contribution in [1.29, 1.82) is 0 Å². The first kappa shape index (κ1) is 40.8. The minimum Gasteiger partial charge on any atom is -0.494 e. The quantitative estimate of drug-likeness (QED) is 0.0471. The van der Waals surface area contributed by atoms with Crippen LogP contribution in [-0.4, -0.2) is 54.8 Å². The van der Waals surface area contributed by atoms with E-state index in [1.165, 1.54) is 116 Å². The number of pyridine rings is 1. The van der Waals surface area contributed by atoms with Gasteiger partial charge in [0.15, 0.2) is 6.73 Å². The van der Waals surface area contributed by atoms with E-state index in [4.69, 9.17) is 9.47 Å². The maximum atomic E-state index is 12.8. The molecule has 1 aliphatic rings. The van der Waals surface area contributed by atoms with E-state index in [1.807, 2.05) is 35.6 Å². The predicted octanol–water partition coefficient (Wildman–Crippen LogP) is 11.3. The summed E-state index contributed by atoms with van der Waals surface area (Å²) in [5.74, 6) is 0.487. The number of hydrogen-bond donors (Lipinski definition) is 0. The molecule has 290 valence electrons. The van der Waals surface area contributed by atoms with Crippen LogP contribution >= 0.6 is 11.3 Å². The Hall–Kier alpha value is -3.36. The fourth-order valence-electron chi connectivity index (χ4n) is 7.61. The summed E-state index contributed by atoms with van der Waals surface area (Å²) < 4.78 is 14.6. The van der Waals surface area contributed by atoms with Crippen molar-refractivity contribution < 1.29 is 14.3 Å². The van der Waals surface area contributed by atoms with E-state index in [0.29, 0.717) is 13.0 Å². The summed E-state index contributed by atoms with van der Waals surface area (Å²) in [4.78, 5) is 30.4. The first-order valence-corrected chi connectivity index (χ1v) is 21.9. The molecule has 0 amide bonds. The van der Waals surface area contributed by atoms with Crippen molar-refractivity contribution in [2.75, 3.05) is 44.2 Å². The molecular formula is C45H65N3O4S. The van der Waals surface area contributed by atoms with Crippen LogP contribution in [0.4, 0.5) is 5.69 Å². The Bertz CT molecular complexity index is 1690. The Labute approximate surface area is 322 Å². The number of ether oxygens (including phenoxy) is 2. The molecule has 5 rings (SSSR count). The molecule has 8 heteroatoms. The number of aromatic nitrogens is 1. The number of fused-ring (bicyclic) bond motifs is 2. The second kappa shape index (κ2) is 23.4. The topological polar surface area (TPSA) is 64.0 Å². The van der Waals surface area contributed by atoms with Gasteiger partial charge in [-0.1, -0.05) is 109 Å². The van der Waals surface area contributed by atoms with Crippen molar-refractivity contribution in [3.8, 4) is 5.75 Å². The van der Waals surface area contributed by atoms with Crippen molar-refractivity contribution in [2.24, 2.45) is 0 Å². The van der Waals surface area contributed by atoms with Gasteiger partial charge in [0.1, 0.15) is 5.75 Å². The van der Waals surface area contributed by atoms with E-state index in [9.17, 15) is 9.59 Å². The van der Waals surface area contributed by atoms with Crippen LogP contribution in [0.2, 0.25) is 0 Å². The Morgan fingerprint density at radius 2 is 1.38 bits per heavy atom. The molecule has 0 N–H and O–H groups in total. The van der Waals surface area contributed by atoms with Crippen molar-refractivity contribution in [3.63, 3.8) is 0 Å². The number of benzene rings is 2. The van der Waals surface area contributed by atoms with Gasteiger partial charge < -0.3 is 14.4 Å². The number of thiophene rings is 1. The maximum Gasteiger partial charge on any atom is 0.307 e. The van der Waals surface area contributed by atoms with E-state index in [1.54, 1.807) is 0 Å². The molecule has 2 aromatic heterocycles. The molecule has 4 aromatic rings. The van der Waals surface area contributed by atoms with Gasteiger partial charge in [-0.15, -0.1) is 11.3 Å².